The van der Waals surface area contributed by atoms with Crippen LogP contribution in [0.4, 0.5) is 0 Å². The lowest BCUT2D eigenvalue weighted by molar-refractivity contribution is 0.291. The molecule has 1 aliphatic heterocycles. The molecular formula is C17H28N2. The zero-order chi connectivity index (χ0) is 13.3. The Bertz CT molecular complexity index is 324. The summed E-state index contributed by atoms with van der Waals surface area (Å²) in [4.78, 5) is 2.33. The number of likely N-dealkylation sites (N-methyl/N-ethyl adjacent to an activating group) is 1. The van der Waals surface area contributed by atoms with E-state index in [1.165, 1.54) is 45.2 Å². The summed E-state index contributed by atoms with van der Waals surface area (Å²) in [6, 6.07) is 11.0. The third kappa shape index (κ3) is 5.33. The average molecular weight is 260 g/mol. The third-order valence-electron chi connectivity index (χ3n) is 4.22. The molecule has 2 aliphatic rings. The van der Waals surface area contributed by atoms with Crippen molar-refractivity contribution >= 4 is 0 Å². The molecule has 1 N–H and O–H groups in total. The first-order chi connectivity index (χ1) is 9.36. The van der Waals surface area contributed by atoms with E-state index in [4.69, 9.17) is 0 Å². The summed E-state index contributed by atoms with van der Waals surface area (Å²) in [5.41, 5.74) is 1.55. The second-order valence-electron chi connectivity index (χ2n) is 5.80. The third-order valence-corrected chi connectivity index (χ3v) is 4.22. The summed E-state index contributed by atoms with van der Waals surface area (Å²) in [5, 5.41) is 3.27. The molecule has 2 nitrogen and oxygen atoms in total. The first kappa shape index (κ1) is 14.5. The second kappa shape index (κ2) is 8.34. The van der Waals surface area contributed by atoms with Crippen LogP contribution in [-0.4, -0.2) is 38.1 Å². The molecule has 0 bridgehead atoms. The van der Waals surface area contributed by atoms with Gasteiger partial charge in [-0.2, -0.15) is 0 Å². The molecule has 1 heterocycles. The number of piperazine rings is 1. The Hall–Kier alpha value is -0.860. The van der Waals surface area contributed by atoms with Crippen molar-refractivity contribution in [2.24, 2.45) is 0 Å². The van der Waals surface area contributed by atoms with Gasteiger partial charge in [0.05, 0.1) is 0 Å². The van der Waals surface area contributed by atoms with E-state index in [0.717, 1.165) is 19.0 Å². The molecule has 1 saturated heterocycles. The molecular weight excluding hydrogens is 232 g/mol. The van der Waals surface area contributed by atoms with Gasteiger partial charge in [-0.15, -0.1) is 0 Å². The Kier molecular flexibility index (Phi) is 6.38. The van der Waals surface area contributed by atoms with E-state index in [-0.39, 0.29) is 0 Å². The smallest absolute Gasteiger partial charge is 0.0104 e. The molecule has 19 heavy (non-hydrogen) atoms. The minimum Gasteiger partial charge on any atom is -0.314 e. The first-order valence-corrected chi connectivity index (χ1v) is 7.80. The number of rotatable bonds is 1. The molecule has 2 heteroatoms. The highest BCUT2D eigenvalue weighted by molar-refractivity contribution is 5.19. The van der Waals surface area contributed by atoms with Crippen LogP contribution in [0.5, 0.6) is 0 Å². The van der Waals surface area contributed by atoms with E-state index in [1.807, 2.05) is 0 Å². The SMILES string of the molecule is CN1CCNCC1.c1ccc(C2CCCCC2)cc1. The van der Waals surface area contributed by atoms with Crippen LogP contribution in [0.1, 0.15) is 43.6 Å². The molecule has 3 rings (SSSR count). The first-order valence-electron chi connectivity index (χ1n) is 7.80. The van der Waals surface area contributed by atoms with Crippen molar-refractivity contribution in [3.05, 3.63) is 35.9 Å². The van der Waals surface area contributed by atoms with Gasteiger partial charge in [0, 0.05) is 26.2 Å². The van der Waals surface area contributed by atoms with Gasteiger partial charge in [-0.1, -0.05) is 49.6 Å². The molecule has 1 aromatic rings. The van der Waals surface area contributed by atoms with Gasteiger partial charge in [-0.05, 0) is 31.4 Å². The lowest BCUT2D eigenvalue weighted by atomic mass is 9.84. The van der Waals surface area contributed by atoms with Crippen molar-refractivity contribution < 1.29 is 0 Å². The van der Waals surface area contributed by atoms with Crippen LogP contribution in [-0.2, 0) is 0 Å². The number of benzene rings is 1. The van der Waals surface area contributed by atoms with Crippen molar-refractivity contribution in [2.75, 3.05) is 33.2 Å². The summed E-state index contributed by atoms with van der Waals surface area (Å²) in [6.45, 7) is 4.74. The van der Waals surface area contributed by atoms with Gasteiger partial charge in [0.25, 0.3) is 0 Å². The van der Waals surface area contributed by atoms with Gasteiger partial charge in [0.15, 0.2) is 0 Å². The van der Waals surface area contributed by atoms with E-state index in [9.17, 15) is 0 Å². The topological polar surface area (TPSA) is 15.3 Å². The van der Waals surface area contributed by atoms with Crippen LogP contribution in [0.2, 0.25) is 0 Å². The Morgan fingerprint density at radius 1 is 0.947 bits per heavy atom. The molecule has 0 radical (unpaired) electrons. The normalized spacial score (nSPS) is 21.5. The molecule has 0 atom stereocenters. The average Bonchev–Trinajstić information content (AvgIpc) is 2.51. The predicted molar refractivity (Wildman–Crippen MR) is 82.6 cm³/mol. The standard InChI is InChI=1S/C12H16.C5H12N2/c1-3-7-11(8-4-1)12-9-5-2-6-10-12;1-7-4-2-6-3-5-7/h1,3-4,7-8,12H,2,5-6,9-10H2;6H,2-5H2,1H3. The van der Waals surface area contributed by atoms with Crippen LogP contribution in [0.15, 0.2) is 30.3 Å². The molecule has 1 aromatic carbocycles. The largest absolute Gasteiger partial charge is 0.314 e. The Morgan fingerprint density at radius 3 is 2.11 bits per heavy atom. The zero-order valence-corrected chi connectivity index (χ0v) is 12.3. The summed E-state index contributed by atoms with van der Waals surface area (Å²) in [6.07, 6.45) is 7.12. The number of hydrogen-bond acceptors (Lipinski definition) is 2. The Morgan fingerprint density at radius 2 is 1.58 bits per heavy atom. The van der Waals surface area contributed by atoms with Crippen molar-refractivity contribution in [1.82, 2.24) is 10.2 Å². The molecule has 2 fully saturated rings. The number of hydrogen-bond donors (Lipinski definition) is 1. The molecule has 106 valence electrons. The van der Waals surface area contributed by atoms with Crippen LogP contribution in [0, 0.1) is 0 Å². The van der Waals surface area contributed by atoms with Gasteiger partial charge in [-0.25, -0.2) is 0 Å². The maximum absolute atomic E-state index is 3.27. The minimum absolute atomic E-state index is 0.861. The van der Waals surface area contributed by atoms with Crippen LogP contribution < -0.4 is 5.32 Å². The van der Waals surface area contributed by atoms with Gasteiger partial charge in [0.1, 0.15) is 0 Å². The number of nitrogens with one attached hydrogen (secondary N) is 1. The lowest BCUT2D eigenvalue weighted by Gasteiger charge is -2.21. The highest BCUT2D eigenvalue weighted by Gasteiger charge is 2.14. The molecule has 0 spiro atoms. The van der Waals surface area contributed by atoms with E-state index in [1.54, 1.807) is 5.56 Å². The molecule has 1 saturated carbocycles. The van der Waals surface area contributed by atoms with Crippen molar-refractivity contribution in [3.63, 3.8) is 0 Å². The fourth-order valence-electron chi connectivity index (χ4n) is 2.94. The monoisotopic (exact) mass is 260 g/mol. The van der Waals surface area contributed by atoms with Crippen molar-refractivity contribution in [1.29, 1.82) is 0 Å². The summed E-state index contributed by atoms with van der Waals surface area (Å²) in [7, 11) is 2.15. The number of nitrogens with zero attached hydrogens (tertiary/aromatic N) is 1. The fraction of sp³-hybridized carbons (Fsp3) is 0.647. The van der Waals surface area contributed by atoms with Crippen molar-refractivity contribution in [2.45, 2.75) is 38.0 Å². The quantitative estimate of drug-likeness (QED) is 0.834. The van der Waals surface area contributed by atoms with E-state index in [0.29, 0.717) is 0 Å². The maximum atomic E-state index is 3.27. The minimum atomic E-state index is 0.861. The molecule has 0 aromatic heterocycles. The van der Waals surface area contributed by atoms with E-state index in [2.05, 4.69) is 47.6 Å². The highest BCUT2D eigenvalue weighted by atomic mass is 15.2. The second-order valence-corrected chi connectivity index (χ2v) is 5.80. The predicted octanol–water partition coefficient (Wildman–Crippen LogP) is 3.26. The summed E-state index contributed by atoms with van der Waals surface area (Å²) >= 11 is 0. The van der Waals surface area contributed by atoms with Gasteiger partial charge >= 0.3 is 0 Å². The van der Waals surface area contributed by atoms with Gasteiger partial charge < -0.3 is 10.2 Å². The van der Waals surface area contributed by atoms with E-state index < -0.39 is 0 Å². The highest BCUT2D eigenvalue weighted by Crippen LogP contribution is 2.32. The summed E-state index contributed by atoms with van der Waals surface area (Å²) < 4.78 is 0. The van der Waals surface area contributed by atoms with Crippen LogP contribution >= 0.6 is 0 Å². The fourth-order valence-corrected chi connectivity index (χ4v) is 2.94. The molecule has 0 unspecified atom stereocenters. The van der Waals surface area contributed by atoms with Crippen LogP contribution in [0.25, 0.3) is 0 Å². The molecule has 1 aliphatic carbocycles. The summed E-state index contributed by atoms with van der Waals surface area (Å²) in [5.74, 6) is 0.861. The van der Waals surface area contributed by atoms with Crippen LogP contribution in [0.3, 0.4) is 0 Å². The van der Waals surface area contributed by atoms with E-state index >= 15 is 0 Å². The van der Waals surface area contributed by atoms with Crippen molar-refractivity contribution in [3.8, 4) is 0 Å². The maximum Gasteiger partial charge on any atom is 0.0104 e. The zero-order valence-electron chi connectivity index (χ0n) is 12.3. The molecule has 0 amide bonds. The lowest BCUT2D eigenvalue weighted by Crippen LogP contribution is -2.40. The Labute approximate surface area is 118 Å². The Balaban J connectivity index is 0.000000163. The van der Waals surface area contributed by atoms with Gasteiger partial charge in [-0.3, -0.25) is 0 Å². The van der Waals surface area contributed by atoms with Gasteiger partial charge in [0.2, 0.25) is 0 Å².